The molecule has 1 heteroatoms. The lowest BCUT2D eigenvalue weighted by molar-refractivity contribution is 0.134. The molecule has 6 atom stereocenters. The maximum Gasteiger partial charge on any atom is 0.00979 e. The number of hydrogen-bond donors (Lipinski definition) is 1. The van der Waals surface area contributed by atoms with Crippen molar-refractivity contribution in [1.82, 2.24) is 5.32 Å². The van der Waals surface area contributed by atoms with Crippen molar-refractivity contribution in [2.45, 2.75) is 83.7 Å². The van der Waals surface area contributed by atoms with Gasteiger partial charge in [0.25, 0.3) is 0 Å². The number of hydrogen-bond acceptors (Lipinski definition) is 1. The first-order valence-electron chi connectivity index (χ1n) is 8.50. The normalized spacial score (nSPS) is 49.0. The van der Waals surface area contributed by atoms with Crippen LogP contribution in [0.1, 0.15) is 71.6 Å². The van der Waals surface area contributed by atoms with Crippen LogP contribution in [0.3, 0.4) is 0 Å². The van der Waals surface area contributed by atoms with Crippen LogP contribution in [0.5, 0.6) is 0 Å². The van der Waals surface area contributed by atoms with Crippen molar-refractivity contribution in [3.63, 3.8) is 0 Å². The summed E-state index contributed by atoms with van der Waals surface area (Å²) in [6.45, 7) is 4.89. The topological polar surface area (TPSA) is 12.0 Å². The van der Waals surface area contributed by atoms with Crippen LogP contribution in [-0.2, 0) is 0 Å². The van der Waals surface area contributed by atoms with Gasteiger partial charge in [-0.3, -0.25) is 0 Å². The van der Waals surface area contributed by atoms with Crippen LogP contribution in [0.25, 0.3) is 0 Å². The van der Waals surface area contributed by atoms with Gasteiger partial charge in [0.1, 0.15) is 0 Å². The van der Waals surface area contributed by atoms with Gasteiger partial charge in [0, 0.05) is 12.1 Å². The van der Waals surface area contributed by atoms with E-state index in [0.717, 1.165) is 35.8 Å². The predicted octanol–water partition coefficient (Wildman–Crippen LogP) is 4.37. The molecule has 0 aromatic carbocycles. The summed E-state index contributed by atoms with van der Waals surface area (Å²) in [7, 11) is 0. The SMILES string of the molecule is CC1CCC(NC2CCC3CCCCC3C2)C1C. The molecule has 0 amide bonds. The Morgan fingerprint density at radius 3 is 2.28 bits per heavy atom. The third kappa shape index (κ3) is 2.61. The van der Waals surface area contributed by atoms with Crippen molar-refractivity contribution in [2.24, 2.45) is 23.7 Å². The molecule has 1 nitrogen and oxygen atoms in total. The van der Waals surface area contributed by atoms with Gasteiger partial charge in [0.2, 0.25) is 0 Å². The maximum absolute atomic E-state index is 4.03. The van der Waals surface area contributed by atoms with Crippen molar-refractivity contribution in [3.8, 4) is 0 Å². The monoisotopic (exact) mass is 249 g/mol. The summed E-state index contributed by atoms with van der Waals surface area (Å²) in [4.78, 5) is 0. The van der Waals surface area contributed by atoms with E-state index in [1.54, 1.807) is 0 Å². The summed E-state index contributed by atoms with van der Waals surface area (Å²) >= 11 is 0. The Bertz CT molecular complexity index is 275. The van der Waals surface area contributed by atoms with E-state index in [1.807, 2.05) is 0 Å². The lowest BCUT2D eigenvalue weighted by atomic mass is 9.69. The predicted molar refractivity (Wildman–Crippen MR) is 77.6 cm³/mol. The van der Waals surface area contributed by atoms with Crippen LogP contribution in [0.15, 0.2) is 0 Å². The third-order valence-corrected chi connectivity index (χ3v) is 6.45. The van der Waals surface area contributed by atoms with Crippen molar-refractivity contribution in [2.75, 3.05) is 0 Å². The molecular weight excluding hydrogens is 218 g/mol. The van der Waals surface area contributed by atoms with Gasteiger partial charge in [-0.05, 0) is 55.8 Å². The van der Waals surface area contributed by atoms with Gasteiger partial charge in [-0.15, -0.1) is 0 Å². The Labute approximate surface area is 113 Å². The zero-order valence-corrected chi connectivity index (χ0v) is 12.3. The molecule has 0 aromatic rings. The largest absolute Gasteiger partial charge is 0.311 e. The number of fused-ring (bicyclic) bond motifs is 1. The highest BCUT2D eigenvalue weighted by Crippen LogP contribution is 2.41. The molecule has 0 aromatic heterocycles. The molecule has 0 heterocycles. The lowest BCUT2D eigenvalue weighted by Gasteiger charge is -2.41. The smallest absolute Gasteiger partial charge is 0.00979 e. The average Bonchev–Trinajstić information content (AvgIpc) is 2.71. The Morgan fingerprint density at radius 1 is 0.778 bits per heavy atom. The maximum atomic E-state index is 4.03. The summed E-state index contributed by atoms with van der Waals surface area (Å²) < 4.78 is 0. The van der Waals surface area contributed by atoms with Gasteiger partial charge >= 0.3 is 0 Å². The molecule has 3 aliphatic carbocycles. The highest BCUT2D eigenvalue weighted by Gasteiger charge is 2.35. The molecule has 104 valence electrons. The van der Waals surface area contributed by atoms with Crippen molar-refractivity contribution < 1.29 is 0 Å². The van der Waals surface area contributed by atoms with Crippen molar-refractivity contribution in [1.29, 1.82) is 0 Å². The summed E-state index contributed by atoms with van der Waals surface area (Å²) in [6.07, 6.45) is 13.4. The van der Waals surface area contributed by atoms with E-state index in [0.29, 0.717) is 0 Å². The summed E-state index contributed by atoms with van der Waals surface area (Å²) in [5, 5.41) is 4.03. The Hall–Kier alpha value is -0.0400. The van der Waals surface area contributed by atoms with Crippen LogP contribution < -0.4 is 5.32 Å². The van der Waals surface area contributed by atoms with E-state index >= 15 is 0 Å². The molecule has 3 rings (SSSR count). The molecule has 18 heavy (non-hydrogen) atoms. The minimum Gasteiger partial charge on any atom is -0.311 e. The second-order valence-electron chi connectivity index (χ2n) is 7.50. The molecule has 0 bridgehead atoms. The van der Waals surface area contributed by atoms with Crippen LogP contribution >= 0.6 is 0 Å². The standard InChI is InChI=1S/C17H31N/c1-12-7-10-17(13(12)2)18-16-9-8-14-5-3-4-6-15(14)11-16/h12-18H,3-11H2,1-2H3. The fourth-order valence-corrected chi connectivity index (χ4v) is 4.93. The second kappa shape index (κ2) is 5.53. The van der Waals surface area contributed by atoms with Crippen molar-refractivity contribution >= 4 is 0 Å². The van der Waals surface area contributed by atoms with Gasteiger partial charge in [-0.25, -0.2) is 0 Å². The quantitative estimate of drug-likeness (QED) is 0.766. The molecule has 3 aliphatic rings. The summed E-state index contributed by atoms with van der Waals surface area (Å²) in [5.41, 5.74) is 0. The van der Waals surface area contributed by atoms with E-state index in [2.05, 4.69) is 19.2 Å². The highest BCUT2D eigenvalue weighted by atomic mass is 15.0. The molecule has 1 N–H and O–H groups in total. The van der Waals surface area contributed by atoms with E-state index in [9.17, 15) is 0 Å². The third-order valence-electron chi connectivity index (χ3n) is 6.45. The Kier molecular flexibility index (Phi) is 3.98. The van der Waals surface area contributed by atoms with Crippen LogP contribution in [0.4, 0.5) is 0 Å². The van der Waals surface area contributed by atoms with E-state index < -0.39 is 0 Å². The molecular formula is C17H31N. The second-order valence-corrected chi connectivity index (χ2v) is 7.50. The van der Waals surface area contributed by atoms with Crippen molar-refractivity contribution in [3.05, 3.63) is 0 Å². The molecule has 0 spiro atoms. The molecule has 6 unspecified atom stereocenters. The van der Waals surface area contributed by atoms with Gasteiger partial charge in [0.15, 0.2) is 0 Å². The zero-order chi connectivity index (χ0) is 12.5. The fraction of sp³-hybridized carbons (Fsp3) is 1.00. The van der Waals surface area contributed by atoms with Gasteiger partial charge < -0.3 is 5.32 Å². The average molecular weight is 249 g/mol. The highest BCUT2D eigenvalue weighted by molar-refractivity contribution is 4.91. The molecule has 0 saturated heterocycles. The first-order valence-corrected chi connectivity index (χ1v) is 8.50. The first kappa shape index (κ1) is 13.0. The summed E-state index contributed by atoms with van der Waals surface area (Å²) in [6, 6.07) is 1.67. The molecule has 0 radical (unpaired) electrons. The Morgan fingerprint density at radius 2 is 1.56 bits per heavy atom. The minimum atomic E-state index is 0.824. The summed E-state index contributed by atoms with van der Waals surface area (Å²) in [5.74, 6) is 4.00. The van der Waals surface area contributed by atoms with Crippen LogP contribution in [0.2, 0.25) is 0 Å². The number of rotatable bonds is 2. The zero-order valence-electron chi connectivity index (χ0n) is 12.3. The van der Waals surface area contributed by atoms with E-state index in [4.69, 9.17) is 0 Å². The lowest BCUT2D eigenvalue weighted by Crippen LogP contribution is -2.45. The fourth-order valence-electron chi connectivity index (χ4n) is 4.93. The van der Waals surface area contributed by atoms with Crippen LogP contribution in [0, 0.1) is 23.7 Å². The van der Waals surface area contributed by atoms with E-state index in [-0.39, 0.29) is 0 Å². The van der Waals surface area contributed by atoms with Gasteiger partial charge in [-0.2, -0.15) is 0 Å². The van der Waals surface area contributed by atoms with Gasteiger partial charge in [-0.1, -0.05) is 39.5 Å². The minimum absolute atomic E-state index is 0.824. The first-order chi connectivity index (χ1) is 8.74. The van der Waals surface area contributed by atoms with E-state index in [1.165, 1.54) is 57.8 Å². The molecule has 3 fully saturated rings. The van der Waals surface area contributed by atoms with Crippen LogP contribution in [-0.4, -0.2) is 12.1 Å². The Balaban J connectivity index is 1.52. The number of nitrogens with one attached hydrogen (secondary N) is 1. The van der Waals surface area contributed by atoms with Gasteiger partial charge in [0.05, 0.1) is 0 Å². The molecule has 3 saturated carbocycles. The molecule has 0 aliphatic heterocycles.